The van der Waals surface area contributed by atoms with Crippen molar-refractivity contribution in [3.63, 3.8) is 0 Å². The minimum atomic E-state index is -4.01. The van der Waals surface area contributed by atoms with E-state index in [4.69, 9.17) is 14.0 Å². The fraction of sp³-hybridized carbons (Fsp3) is 0.143. The number of rotatable bonds is 5. The highest BCUT2D eigenvalue weighted by molar-refractivity contribution is 7.93. The predicted octanol–water partition coefficient (Wildman–Crippen LogP) is 2.04. The molecule has 0 saturated heterocycles. The van der Waals surface area contributed by atoms with Gasteiger partial charge in [-0.05, 0) is 24.3 Å². The Kier molecular flexibility index (Phi) is 3.78. The molecule has 0 atom stereocenters. The number of benzene rings is 1. The number of pyridine rings is 1. The topological polar surface area (TPSA) is 104 Å². The molecule has 9 heteroatoms. The van der Waals surface area contributed by atoms with Crippen molar-refractivity contribution in [2.75, 3.05) is 18.9 Å². The highest BCUT2D eigenvalue weighted by Gasteiger charge is 2.26. The van der Waals surface area contributed by atoms with E-state index in [1.54, 1.807) is 18.2 Å². The summed E-state index contributed by atoms with van der Waals surface area (Å²) in [7, 11) is -1.25. The number of anilines is 1. The molecule has 0 saturated carbocycles. The van der Waals surface area contributed by atoms with Crippen LogP contribution in [-0.2, 0) is 10.0 Å². The number of aromatic nitrogens is 2. The average molecular weight is 335 g/mol. The third-order valence-corrected chi connectivity index (χ3v) is 4.53. The molecular weight excluding hydrogens is 322 g/mol. The second kappa shape index (κ2) is 5.76. The van der Waals surface area contributed by atoms with E-state index in [9.17, 15) is 8.42 Å². The summed E-state index contributed by atoms with van der Waals surface area (Å²) in [6, 6.07) is 7.99. The molecule has 1 N–H and O–H groups in total. The zero-order chi connectivity index (χ0) is 16.4. The molecular formula is C14H13N3O5S. The van der Waals surface area contributed by atoms with Crippen LogP contribution in [0.3, 0.4) is 0 Å². The van der Waals surface area contributed by atoms with Gasteiger partial charge in [-0.15, -0.1) is 0 Å². The lowest BCUT2D eigenvalue weighted by atomic mass is 10.3. The molecule has 23 heavy (non-hydrogen) atoms. The third kappa shape index (κ3) is 2.66. The van der Waals surface area contributed by atoms with Crippen molar-refractivity contribution in [1.82, 2.24) is 10.1 Å². The standard InChI is InChI=1S/C14H13N3O5S/c1-20-10-6-3-7-11(21-2)12(10)23(18,19)17-13-9-5-4-8-15-14(9)22-16-13/h3-8H,1-2H3,(H,16,17). The van der Waals surface area contributed by atoms with E-state index in [1.165, 1.54) is 32.5 Å². The lowest BCUT2D eigenvalue weighted by molar-refractivity contribution is 0.373. The van der Waals surface area contributed by atoms with Gasteiger partial charge in [-0.2, -0.15) is 0 Å². The van der Waals surface area contributed by atoms with Crippen molar-refractivity contribution in [2.24, 2.45) is 0 Å². The summed E-state index contributed by atoms with van der Waals surface area (Å²) in [4.78, 5) is 3.84. The summed E-state index contributed by atoms with van der Waals surface area (Å²) in [5.41, 5.74) is 0.234. The van der Waals surface area contributed by atoms with E-state index < -0.39 is 10.0 Å². The Morgan fingerprint density at radius 2 is 1.78 bits per heavy atom. The smallest absolute Gasteiger partial charge is 0.270 e. The van der Waals surface area contributed by atoms with Crippen molar-refractivity contribution >= 4 is 26.9 Å². The van der Waals surface area contributed by atoms with Gasteiger partial charge in [0, 0.05) is 6.20 Å². The molecule has 8 nitrogen and oxygen atoms in total. The Morgan fingerprint density at radius 3 is 2.43 bits per heavy atom. The van der Waals surface area contributed by atoms with E-state index >= 15 is 0 Å². The van der Waals surface area contributed by atoms with E-state index in [-0.39, 0.29) is 27.9 Å². The first-order chi connectivity index (χ1) is 11.1. The van der Waals surface area contributed by atoms with Crippen molar-refractivity contribution in [1.29, 1.82) is 0 Å². The second-order valence-electron chi connectivity index (χ2n) is 4.48. The Hall–Kier alpha value is -2.81. The minimum Gasteiger partial charge on any atom is -0.495 e. The molecule has 3 rings (SSSR count). The molecule has 0 fully saturated rings. The summed E-state index contributed by atoms with van der Waals surface area (Å²) in [6.45, 7) is 0. The first-order valence-corrected chi connectivity index (χ1v) is 7.99. The van der Waals surface area contributed by atoms with Crippen LogP contribution in [0, 0.1) is 0 Å². The summed E-state index contributed by atoms with van der Waals surface area (Å²) in [5, 5.41) is 4.16. The van der Waals surface area contributed by atoms with Gasteiger partial charge in [0.2, 0.25) is 0 Å². The van der Waals surface area contributed by atoms with Gasteiger partial charge in [0.05, 0.1) is 19.6 Å². The van der Waals surface area contributed by atoms with Crippen molar-refractivity contribution in [3.8, 4) is 11.5 Å². The molecule has 0 aliphatic heterocycles. The maximum absolute atomic E-state index is 12.7. The van der Waals surface area contributed by atoms with Crippen LogP contribution in [0.15, 0.2) is 45.9 Å². The van der Waals surface area contributed by atoms with Crippen molar-refractivity contribution in [2.45, 2.75) is 4.90 Å². The lowest BCUT2D eigenvalue weighted by Crippen LogP contribution is -2.15. The summed E-state index contributed by atoms with van der Waals surface area (Å²) in [6.07, 6.45) is 1.52. The van der Waals surface area contributed by atoms with E-state index in [0.717, 1.165) is 0 Å². The van der Waals surface area contributed by atoms with Crippen LogP contribution in [0.4, 0.5) is 5.82 Å². The van der Waals surface area contributed by atoms with Crippen LogP contribution in [-0.4, -0.2) is 32.8 Å². The van der Waals surface area contributed by atoms with Crippen LogP contribution in [0.5, 0.6) is 11.5 Å². The van der Waals surface area contributed by atoms with Gasteiger partial charge in [-0.3, -0.25) is 4.72 Å². The summed E-state index contributed by atoms with van der Waals surface area (Å²) >= 11 is 0. The highest BCUT2D eigenvalue weighted by Crippen LogP contribution is 2.34. The fourth-order valence-electron chi connectivity index (χ4n) is 2.12. The zero-order valence-corrected chi connectivity index (χ0v) is 13.1. The number of methoxy groups -OCH3 is 2. The van der Waals surface area contributed by atoms with Gasteiger partial charge in [0.1, 0.15) is 11.5 Å². The molecule has 0 unspecified atom stereocenters. The lowest BCUT2D eigenvalue weighted by Gasteiger charge is -2.13. The minimum absolute atomic E-state index is 0.0426. The highest BCUT2D eigenvalue weighted by atomic mass is 32.2. The maximum atomic E-state index is 12.7. The first kappa shape index (κ1) is 15.1. The molecule has 0 spiro atoms. The quantitative estimate of drug-likeness (QED) is 0.761. The van der Waals surface area contributed by atoms with E-state index in [1.807, 2.05) is 0 Å². The molecule has 0 bridgehead atoms. The number of nitrogens with zero attached hydrogens (tertiary/aromatic N) is 2. The Balaban J connectivity index is 2.09. The van der Waals surface area contributed by atoms with Crippen LogP contribution < -0.4 is 14.2 Å². The molecule has 3 aromatic rings. The fourth-order valence-corrected chi connectivity index (χ4v) is 3.45. The summed E-state index contributed by atoms with van der Waals surface area (Å²) in [5.74, 6) is 0.353. The number of fused-ring (bicyclic) bond motifs is 1. The Morgan fingerprint density at radius 1 is 1.09 bits per heavy atom. The normalized spacial score (nSPS) is 11.4. The maximum Gasteiger partial charge on any atom is 0.270 e. The van der Waals surface area contributed by atoms with Crippen LogP contribution in [0.1, 0.15) is 0 Å². The number of ether oxygens (including phenoxy) is 2. The Labute approximate surface area is 132 Å². The van der Waals surface area contributed by atoms with Gasteiger partial charge >= 0.3 is 0 Å². The summed E-state index contributed by atoms with van der Waals surface area (Å²) < 4.78 is 43.1. The molecule has 2 heterocycles. The van der Waals surface area contributed by atoms with Crippen LogP contribution in [0.25, 0.3) is 11.1 Å². The van der Waals surface area contributed by atoms with Gasteiger partial charge in [-0.1, -0.05) is 11.2 Å². The molecule has 1 aromatic carbocycles. The van der Waals surface area contributed by atoms with Gasteiger partial charge in [0.15, 0.2) is 10.7 Å². The number of hydrogen-bond acceptors (Lipinski definition) is 7. The predicted molar refractivity (Wildman–Crippen MR) is 82.2 cm³/mol. The van der Waals surface area contributed by atoms with Gasteiger partial charge in [0.25, 0.3) is 15.7 Å². The van der Waals surface area contributed by atoms with E-state index in [0.29, 0.717) is 5.39 Å². The molecule has 0 aliphatic rings. The molecule has 120 valence electrons. The molecule has 0 aliphatic carbocycles. The molecule has 2 aromatic heterocycles. The monoisotopic (exact) mass is 335 g/mol. The van der Waals surface area contributed by atoms with Crippen molar-refractivity contribution < 1.29 is 22.4 Å². The number of sulfonamides is 1. The largest absolute Gasteiger partial charge is 0.495 e. The first-order valence-electron chi connectivity index (χ1n) is 6.51. The average Bonchev–Trinajstić information content (AvgIpc) is 2.96. The second-order valence-corrected chi connectivity index (χ2v) is 6.10. The molecule has 0 amide bonds. The van der Waals surface area contributed by atoms with Crippen LogP contribution in [0.2, 0.25) is 0 Å². The SMILES string of the molecule is COc1cccc(OC)c1S(=O)(=O)Nc1noc2ncccc12. The van der Waals surface area contributed by atoms with Crippen LogP contribution >= 0.6 is 0 Å². The Bertz CT molecular complexity index is 930. The van der Waals surface area contributed by atoms with Gasteiger partial charge < -0.3 is 14.0 Å². The number of hydrogen-bond donors (Lipinski definition) is 1. The third-order valence-electron chi connectivity index (χ3n) is 3.13. The molecule has 0 radical (unpaired) electrons. The number of nitrogens with one attached hydrogen (secondary N) is 1. The van der Waals surface area contributed by atoms with E-state index in [2.05, 4.69) is 14.9 Å². The zero-order valence-electron chi connectivity index (χ0n) is 12.3. The van der Waals surface area contributed by atoms with Gasteiger partial charge in [-0.25, -0.2) is 13.4 Å². The van der Waals surface area contributed by atoms with Crippen molar-refractivity contribution in [3.05, 3.63) is 36.5 Å².